The van der Waals surface area contributed by atoms with Crippen molar-refractivity contribution < 1.29 is 37.6 Å². The van der Waals surface area contributed by atoms with E-state index in [1.807, 2.05) is 0 Å². The van der Waals surface area contributed by atoms with Gasteiger partial charge in [0.2, 0.25) is 0 Å². The highest BCUT2D eigenvalue weighted by Gasteiger charge is 2.25. The van der Waals surface area contributed by atoms with Crippen LogP contribution in [0.4, 0.5) is 0 Å². The first kappa shape index (κ1) is 48.8. The normalized spacial score (nSPS) is 13.4. The number of carbonyl (C=O) groups is 2. The second-order valence-electron chi connectivity index (χ2n) is 14.0. The van der Waals surface area contributed by atoms with Gasteiger partial charge in [-0.25, -0.2) is 4.57 Å². The molecular formula is C41H79O8P. The van der Waals surface area contributed by atoms with Gasteiger partial charge in [0.05, 0.1) is 13.2 Å². The molecule has 0 spiro atoms. The smallest absolute Gasteiger partial charge is 0.462 e. The fourth-order valence-electron chi connectivity index (χ4n) is 5.98. The average molecular weight is 731 g/mol. The van der Waals surface area contributed by atoms with Crippen molar-refractivity contribution >= 4 is 19.8 Å². The summed E-state index contributed by atoms with van der Waals surface area (Å²) in [6.45, 7) is 5.48. The van der Waals surface area contributed by atoms with Crippen LogP contribution in [0.15, 0.2) is 12.2 Å². The quantitative estimate of drug-likeness (QED) is 0.0288. The van der Waals surface area contributed by atoms with Crippen LogP contribution in [0.2, 0.25) is 0 Å². The third-order valence-electron chi connectivity index (χ3n) is 9.07. The largest absolute Gasteiger partial charge is 0.472 e. The summed E-state index contributed by atoms with van der Waals surface area (Å²) in [7, 11) is -4.27. The van der Waals surface area contributed by atoms with Gasteiger partial charge >= 0.3 is 19.8 Å². The van der Waals surface area contributed by atoms with Crippen LogP contribution in [-0.4, -0.2) is 42.8 Å². The van der Waals surface area contributed by atoms with Crippen molar-refractivity contribution in [1.82, 2.24) is 0 Å². The van der Waals surface area contributed by atoms with Gasteiger partial charge in [-0.15, -0.1) is 0 Å². The predicted molar refractivity (Wildman–Crippen MR) is 207 cm³/mol. The molecule has 0 saturated carbocycles. The first-order valence-corrected chi connectivity index (χ1v) is 22.5. The monoisotopic (exact) mass is 731 g/mol. The number of esters is 2. The third-order valence-corrected chi connectivity index (χ3v) is 10.1. The minimum Gasteiger partial charge on any atom is -0.462 e. The molecule has 0 aromatic heterocycles. The number of hydrogen-bond donors (Lipinski definition) is 1. The Bertz CT molecular complexity index is 833. The molecule has 0 saturated heterocycles. The number of phosphoric acid groups is 1. The summed E-state index contributed by atoms with van der Waals surface area (Å²) in [5, 5.41) is 0. The van der Waals surface area contributed by atoms with E-state index < -0.39 is 26.5 Å². The molecule has 50 heavy (non-hydrogen) atoms. The zero-order chi connectivity index (χ0) is 36.8. The number of phosphoric ester groups is 1. The second kappa shape index (κ2) is 37.5. The van der Waals surface area contributed by atoms with Gasteiger partial charge in [-0.1, -0.05) is 167 Å². The highest BCUT2D eigenvalue weighted by atomic mass is 31.2. The van der Waals surface area contributed by atoms with Gasteiger partial charge in [-0.2, -0.15) is 0 Å². The summed E-state index contributed by atoms with van der Waals surface area (Å²) in [6.07, 6.45) is 38.3. The Hall–Kier alpha value is -1.21. The van der Waals surface area contributed by atoms with Gasteiger partial charge in [0.25, 0.3) is 0 Å². The van der Waals surface area contributed by atoms with Gasteiger partial charge in [0, 0.05) is 12.8 Å². The van der Waals surface area contributed by atoms with Crippen LogP contribution < -0.4 is 0 Å². The molecule has 8 nitrogen and oxygen atoms in total. The summed E-state index contributed by atoms with van der Waals surface area (Å²) in [5.74, 6) is -0.797. The lowest BCUT2D eigenvalue weighted by atomic mass is 10.0. The molecule has 0 rings (SSSR count). The molecule has 0 heterocycles. The van der Waals surface area contributed by atoms with E-state index in [1.54, 1.807) is 6.92 Å². The Morgan fingerprint density at radius 3 is 1.32 bits per heavy atom. The highest BCUT2D eigenvalue weighted by molar-refractivity contribution is 7.47. The molecule has 2 atom stereocenters. The van der Waals surface area contributed by atoms with E-state index in [4.69, 9.17) is 18.5 Å². The third kappa shape index (κ3) is 36.6. The Morgan fingerprint density at radius 1 is 0.520 bits per heavy atom. The number of carbonyl (C=O) groups excluding carboxylic acids is 2. The zero-order valence-electron chi connectivity index (χ0n) is 32.8. The molecule has 9 heteroatoms. The molecule has 0 bridgehead atoms. The van der Waals surface area contributed by atoms with Crippen LogP contribution in [-0.2, 0) is 32.7 Å². The summed E-state index contributed by atoms with van der Waals surface area (Å²) in [5.41, 5.74) is 0. The zero-order valence-corrected chi connectivity index (χ0v) is 33.7. The second-order valence-corrected chi connectivity index (χ2v) is 15.5. The molecule has 1 N–H and O–H groups in total. The molecule has 0 aliphatic rings. The van der Waals surface area contributed by atoms with Crippen LogP contribution in [0.1, 0.15) is 213 Å². The molecule has 0 amide bonds. The molecule has 0 radical (unpaired) electrons. The fourth-order valence-corrected chi connectivity index (χ4v) is 6.73. The van der Waals surface area contributed by atoms with Crippen molar-refractivity contribution in [2.75, 3.05) is 19.8 Å². The Kier molecular flexibility index (Phi) is 36.6. The van der Waals surface area contributed by atoms with Crippen molar-refractivity contribution in [3.8, 4) is 0 Å². The molecule has 0 aromatic rings. The highest BCUT2D eigenvalue weighted by Crippen LogP contribution is 2.43. The Morgan fingerprint density at radius 2 is 0.900 bits per heavy atom. The lowest BCUT2D eigenvalue weighted by Gasteiger charge is -2.19. The van der Waals surface area contributed by atoms with Gasteiger partial charge < -0.3 is 14.4 Å². The van der Waals surface area contributed by atoms with Gasteiger partial charge in [0.1, 0.15) is 6.61 Å². The number of ether oxygens (including phenoxy) is 2. The first-order valence-electron chi connectivity index (χ1n) is 21.0. The number of hydrogen-bond acceptors (Lipinski definition) is 7. The van der Waals surface area contributed by atoms with Gasteiger partial charge in [-0.3, -0.25) is 18.6 Å². The van der Waals surface area contributed by atoms with Crippen molar-refractivity contribution in [2.24, 2.45) is 0 Å². The fraction of sp³-hybridized carbons (Fsp3) is 0.902. The maximum absolute atomic E-state index is 12.5. The van der Waals surface area contributed by atoms with E-state index in [-0.39, 0.29) is 25.6 Å². The van der Waals surface area contributed by atoms with Crippen molar-refractivity contribution in [1.29, 1.82) is 0 Å². The van der Waals surface area contributed by atoms with Crippen LogP contribution in [0.25, 0.3) is 0 Å². The standard InChI is InChI=1S/C41H79O8P/c1-4-7-9-11-13-15-17-19-21-23-25-27-29-31-33-35-40(42)46-37-39(38-48-50(44,45)47-6-3)49-41(43)36-34-32-30-28-26-24-22-20-18-16-14-12-10-8-5-2/h20,22,39H,4-19,21,23-38H2,1-3H3,(H,44,45)/b22-20-. The summed E-state index contributed by atoms with van der Waals surface area (Å²) >= 11 is 0. The molecule has 0 aromatic carbocycles. The molecule has 0 fully saturated rings. The molecule has 0 aliphatic carbocycles. The summed E-state index contributed by atoms with van der Waals surface area (Å²) in [6, 6.07) is 0. The van der Waals surface area contributed by atoms with Crippen molar-refractivity contribution in [3.63, 3.8) is 0 Å². The first-order chi connectivity index (χ1) is 24.3. The SMILES string of the molecule is CCCCCCCC/C=C\CCCCCCCC(=O)OC(COC(=O)CCCCCCCCCCCCCCCCC)COP(=O)(O)OCC. The summed E-state index contributed by atoms with van der Waals surface area (Å²) in [4.78, 5) is 34.7. The lowest BCUT2D eigenvalue weighted by Crippen LogP contribution is -2.29. The van der Waals surface area contributed by atoms with Crippen LogP contribution in [0.5, 0.6) is 0 Å². The number of rotatable bonds is 39. The van der Waals surface area contributed by atoms with Crippen LogP contribution in [0.3, 0.4) is 0 Å². The number of allylic oxidation sites excluding steroid dienone is 2. The van der Waals surface area contributed by atoms with Crippen molar-refractivity contribution in [2.45, 2.75) is 219 Å². The molecular weight excluding hydrogens is 651 g/mol. The minimum atomic E-state index is -4.27. The maximum atomic E-state index is 12.5. The van der Waals surface area contributed by atoms with Gasteiger partial charge in [0.15, 0.2) is 6.10 Å². The van der Waals surface area contributed by atoms with E-state index in [1.165, 1.54) is 122 Å². The van der Waals surface area contributed by atoms with E-state index >= 15 is 0 Å². The topological polar surface area (TPSA) is 108 Å². The molecule has 0 aliphatic heterocycles. The van der Waals surface area contributed by atoms with E-state index in [0.717, 1.165) is 51.4 Å². The molecule has 296 valence electrons. The van der Waals surface area contributed by atoms with E-state index in [2.05, 4.69) is 26.0 Å². The van der Waals surface area contributed by atoms with E-state index in [0.29, 0.717) is 12.8 Å². The lowest BCUT2D eigenvalue weighted by molar-refractivity contribution is -0.161. The minimum absolute atomic E-state index is 0.00194. The van der Waals surface area contributed by atoms with E-state index in [9.17, 15) is 19.0 Å². The van der Waals surface area contributed by atoms with Crippen LogP contribution >= 0.6 is 7.82 Å². The maximum Gasteiger partial charge on any atom is 0.472 e. The van der Waals surface area contributed by atoms with Crippen molar-refractivity contribution in [3.05, 3.63) is 12.2 Å². The Labute approximate surface area is 308 Å². The number of unbranched alkanes of at least 4 members (excludes halogenated alkanes) is 25. The van der Waals surface area contributed by atoms with Crippen LogP contribution in [0, 0.1) is 0 Å². The Balaban J connectivity index is 4.09. The predicted octanol–water partition coefficient (Wildman–Crippen LogP) is 12.9. The summed E-state index contributed by atoms with van der Waals surface area (Å²) < 4.78 is 32.6. The van der Waals surface area contributed by atoms with Gasteiger partial charge in [-0.05, 0) is 45.4 Å². The average Bonchev–Trinajstić information content (AvgIpc) is 3.09. The molecule has 2 unspecified atom stereocenters.